The Labute approximate surface area is 141 Å². The molecule has 0 aliphatic heterocycles. The van der Waals surface area contributed by atoms with E-state index < -0.39 is 0 Å². The summed E-state index contributed by atoms with van der Waals surface area (Å²) in [5, 5.41) is 8.00. The fraction of sp³-hybridized carbons (Fsp3) is 0. The van der Waals surface area contributed by atoms with Crippen LogP contribution in [0.15, 0.2) is 66.7 Å². The van der Waals surface area contributed by atoms with E-state index in [-0.39, 0.29) is 29.6 Å². The van der Waals surface area contributed by atoms with Gasteiger partial charge in [0.15, 0.2) is 0 Å². The van der Waals surface area contributed by atoms with E-state index in [1.165, 1.54) is 37.8 Å². The van der Waals surface area contributed by atoms with Gasteiger partial charge < -0.3 is 0 Å². The van der Waals surface area contributed by atoms with Crippen molar-refractivity contribution in [3.63, 3.8) is 0 Å². The van der Waals surface area contributed by atoms with E-state index in [1.807, 2.05) is 0 Å². The summed E-state index contributed by atoms with van der Waals surface area (Å²) in [6.07, 6.45) is 0. The Kier molecular flexibility index (Phi) is 3.60. The Morgan fingerprint density at radius 2 is 1.25 bits per heavy atom. The first kappa shape index (κ1) is 13.7. The van der Waals surface area contributed by atoms with E-state index >= 15 is 0 Å². The van der Waals surface area contributed by atoms with Gasteiger partial charge in [0.1, 0.15) is 7.85 Å². The summed E-state index contributed by atoms with van der Waals surface area (Å²) in [6, 6.07) is 24.1. The van der Waals surface area contributed by atoms with Gasteiger partial charge in [-0.05, 0) is 44.5 Å². The van der Waals surface area contributed by atoms with Gasteiger partial charge in [0.05, 0.1) is 0 Å². The van der Waals surface area contributed by atoms with E-state index in [9.17, 15) is 0 Å². The zero-order valence-corrected chi connectivity index (χ0v) is 10.9. The molecule has 0 nitrogen and oxygen atoms in total. The van der Waals surface area contributed by atoms with Gasteiger partial charge in [-0.3, -0.25) is 0 Å². The third-order valence-corrected chi connectivity index (χ3v) is 3.93. The second-order valence-corrected chi connectivity index (χ2v) is 5.16. The van der Waals surface area contributed by atoms with Gasteiger partial charge in [-0.2, -0.15) is 0 Å². The average molecular weight is 264 g/mol. The zero-order chi connectivity index (χ0) is 12.8. The quantitative estimate of drug-likeness (QED) is 0.260. The van der Waals surface area contributed by atoms with Gasteiger partial charge in [0.2, 0.25) is 0 Å². The molecule has 2 heteroatoms. The molecule has 20 heavy (non-hydrogen) atoms. The second kappa shape index (κ2) is 5.25. The first-order chi connectivity index (χ1) is 9.33. The van der Waals surface area contributed by atoms with Crippen molar-refractivity contribution in [1.82, 2.24) is 0 Å². The molecule has 0 aromatic heterocycles. The van der Waals surface area contributed by atoms with E-state index in [4.69, 9.17) is 0 Å². The Morgan fingerprint density at radius 1 is 0.600 bits per heavy atom. The maximum absolute atomic E-state index is 2.32. The predicted octanol–water partition coefficient (Wildman–Crippen LogP) is 2.76. The van der Waals surface area contributed by atoms with Crippen LogP contribution in [0.3, 0.4) is 0 Å². The molecule has 0 saturated carbocycles. The minimum absolute atomic E-state index is 0. The number of fused-ring (bicyclic) bond motifs is 4. The van der Waals surface area contributed by atoms with Gasteiger partial charge in [-0.15, -0.1) is 0 Å². The van der Waals surface area contributed by atoms with Crippen LogP contribution in [0.4, 0.5) is 0 Å². The van der Waals surface area contributed by atoms with Gasteiger partial charge in [-0.1, -0.05) is 60.1 Å². The van der Waals surface area contributed by atoms with Gasteiger partial charge in [0, 0.05) is 0 Å². The first-order valence-corrected chi connectivity index (χ1v) is 6.64. The molecule has 0 saturated heterocycles. The summed E-state index contributed by atoms with van der Waals surface area (Å²) >= 11 is 0. The summed E-state index contributed by atoms with van der Waals surface area (Å²) < 4.78 is 0. The summed E-state index contributed by atoms with van der Waals surface area (Å²) in [5.74, 6) is 0. The van der Waals surface area contributed by atoms with Gasteiger partial charge >= 0.3 is 29.6 Å². The van der Waals surface area contributed by atoms with Crippen LogP contribution in [0.25, 0.3) is 32.3 Å². The molecular weight excluding hydrogens is 250 g/mol. The van der Waals surface area contributed by atoms with Gasteiger partial charge in [-0.25, -0.2) is 0 Å². The average Bonchev–Trinajstić information content (AvgIpc) is 2.45. The van der Waals surface area contributed by atoms with Crippen molar-refractivity contribution >= 4 is 75.2 Å². The first-order valence-electron chi connectivity index (χ1n) is 6.64. The molecule has 0 heterocycles. The topological polar surface area (TPSA) is 0 Å². The number of rotatable bonds is 0. The molecule has 0 atom stereocenters. The molecule has 90 valence electrons. The fourth-order valence-electron chi connectivity index (χ4n) is 2.99. The van der Waals surface area contributed by atoms with Crippen LogP contribution in [0, 0.1) is 0 Å². The van der Waals surface area contributed by atoms with Crippen LogP contribution in [-0.4, -0.2) is 37.4 Å². The Bertz CT molecular complexity index is 928. The van der Waals surface area contributed by atoms with Crippen molar-refractivity contribution in [1.29, 1.82) is 0 Å². The summed E-state index contributed by atoms with van der Waals surface area (Å²) in [4.78, 5) is 0. The van der Waals surface area contributed by atoms with Crippen molar-refractivity contribution in [3.8, 4) is 0 Å². The SMILES string of the molecule is Bc1cccc2ccc3cc4ccccc4cc3c12.[NaH]. The van der Waals surface area contributed by atoms with E-state index in [1.54, 1.807) is 0 Å². The molecule has 0 bridgehead atoms. The number of benzene rings is 4. The van der Waals surface area contributed by atoms with Crippen LogP contribution in [0.1, 0.15) is 0 Å². The Morgan fingerprint density at radius 3 is 2.05 bits per heavy atom. The molecule has 0 unspecified atom stereocenters. The molecule has 0 N–H and O–H groups in total. The van der Waals surface area contributed by atoms with Crippen LogP contribution in [0.5, 0.6) is 0 Å². The molecule has 4 rings (SSSR count). The monoisotopic (exact) mass is 264 g/mol. The fourth-order valence-corrected chi connectivity index (χ4v) is 2.99. The normalized spacial score (nSPS) is 10.8. The maximum atomic E-state index is 2.32. The standard InChI is InChI=1S/C18H13B.Na.H/c19-17-7-3-6-12-8-9-15-10-13-4-1-2-5-14(13)11-16(15)18(12)17;;/h1-11H,19H2;;. The third-order valence-electron chi connectivity index (χ3n) is 3.93. The summed E-state index contributed by atoms with van der Waals surface area (Å²) in [7, 11) is 2.19. The number of hydrogen-bond donors (Lipinski definition) is 0. The summed E-state index contributed by atoms with van der Waals surface area (Å²) in [6.45, 7) is 0. The van der Waals surface area contributed by atoms with Crippen LogP contribution < -0.4 is 5.46 Å². The molecule has 0 spiro atoms. The molecule has 0 amide bonds. The van der Waals surface area contributed by atoms with Crippen molar-refractivity contribution in [2.45, 2.75) is 0 Å². The summed E-state index contributed by atoms with van der Waals surface area (Å²) in [5.41, 5.74) is 1.35. The van der Waals surface area contributed by atoms with E-state index in [2.05, 4.69) is 74.6 Å². The van der Waals surface area contributed by atoms with Crippen LogP contribution >= 0.6 is 0 Å². The third kappa shape index (κ3) is 2.07. The van der Waals surface area contributed by atoms with Gasteiger partial charge in [0.25, 0.3) is 0 Å². The minimum atomic E-state index is 0. The Hall–Kier alpha value is -1.28. The van der Waals surface area contributed by atoms with Crippen LogP contribution in [0.2, 0.25) is 0 Å². The molecule has 4 aromatic rings. The molecule has 0 aliphatic rings. The van der Waals surface area contributed by atoms with E-state index in [0.717, 1.165) is 0 Å². The zero-order valence-electron chi connectivity index (χ0n) is 10.9. The van der Waals surface area contributed by atoms with Crippen molar-refractivity contribution in [3.05, 3.63) is 66.7 Å². The van der Waals surface area contributed by atoms with Crippen molar-refractivity contribution < 1.29 is 0 Å². The second-order valence-electron chi connectivity index (χ2n) is 5.16. The Balaban J connectivity index is 0.00000121. The van der Waals surface area contributed by atoms with Crippen molar-refractivity contribution in [2.24, 2.45) is 0 Å². The molecular formula is C18H14BNa. The number of hydrogen-bond acceptors (Lipinski definition) is 0. The molecule has 4 aromatic carbocycles. The van der Waals surface area contributed by atoms with Crippen molar-refractivity contribution in [2.75, 3.05) is 0 Å². The van der Waals surface area contributed by atoms with E-state index in [0.29, 0.717) is 0 Å². The predicted molar refractivity (Wildman–Crippen MR) is 94.3 cm³/mol. The molecule has 0 radical (unpaired) electrons. The van der Waals surface area contributed by atoms with Crippen LogP contribution in [-0.2, 0) is 0 Å². The molecule has 0 fully saturated rings. The molecule has 0 aliphatic carbocycles.